The Bertz CT molecular complexity index is 1810. The molecule has 276 valence electrons. The molecule has 4 aliphatic rings. The van der Waals surface area contributed by atoms with Crippen molar-refractivity contribution < 1.29 is 42.2 Å². The van der Waals surface area contributed by atoms with Crippen LogP contribution in [0.4, 0.5) is 4.79 Å². The third-order valence-electron chi connectivity index (χ3n) is 10.6. The van der Waals surface area contributed by atoms with E-state index in [1.165, 1.54) is 4.90 Å². The van der Waals surface area contributed by atoms with Crippen LogP contribution in [-0.4, -0.2) is 89.4 Å². The highest BCUT2D eigenvalue weighted by molar-refractivity contribution is 7.91. The number of aromatic nitrogens is 1. The van der Waals surface area contributed by atoms with Gasteiger partial charge in [-0.3, -0.25) is 19.1 Å². The smallest absolute Gasteiger partial charge is 0.405 e. The molecule has 1 aromatic carbocycles. The summed E-state index contributed by atoms with van der Waals surface area (Å²) in [7, 11) is -3.90. The number of sulfonamides is 1. The number of allylic oxidation sites excluding steroid dienone is 1. The third kappa shape index (κ3) is 7.77. The van der Waals surface area contributed by atoms with Crippen LogP contribution in [0, 0.1) is 17.8 Å². The number of hydrogen-bond donors (Lipinski definition) is 4. The van der Waals surface area contributed by atoms with Gasteiger partial charge in [0.15, 0.2) is 0 Å². The Labute approximate surface area is 297 Å². The zero-order chi connectivity index (χ0) is 36.5. The number of carboxylic acid groups (broad SMARTS) is 1. The highest BCUT2D eigenvalue weighted by Crippen LogP contribution is 2.46. The van der Waals surface area contributed by atoms with Crippen LogP contribution in [-0.2, 0) is 24.4 Å². The summed E-state index contributed by atoms with van der Waals surface area (Å²) in [4.78, 5) is 60.4. The molecule has 2 aromatic rings. The molecule has 3 heterocycles. The summed E-state index contributed by atoms with van der Waals surface area (Å²) in [6.45, 7) is 6.22. The molecule has 3 fully saturated rings. The van der Waals surface area contributed by atoms with E-state index in [1.54, 1.807) is 6.20 Å². The van der Waals surface area contributed by atoms with Gasteiger partial charge in [-0.1, -0.05) is 50.6 Å². The first-order chi connectivity index (χ1) is 24.4. The van der Waals surface area contributed by atoms with Crippen LogP contribution in [0.25, 0.3) is 10.8 Å². The van der Waals surface area contributed by atoms with E-state index in [9.17, 15) is 32.7 Å². The van der Waals surface area contributed by atoms with Gasteiger partial charge in [0.1, 0.15) is 29.5 Å². The number of ether oxygens (including phenoxy) is 2. The monoisotopic (exact) mass is 725 g/mol. The molecule has 0 spiro atoms. The van der Waals surface area contributed by atoms with E-state index in [1.807, 2.05) is 50.3 Å². The van der Waals surface area contributed by atoms with Crippen molar-refractivity contribution >= 4 is 44.6 Å². The number of fused-ring (bicyclic) bond motifs is 3. The molecule has 0 radical (unpaired) electrons. The first-order valence-electron chi connectivity index (χ1n) is 17.9. The molecule has 15 heteroatoms. The summed E-state index contributed by atoms with van der Waals surface area (Å²) in [5.41, 5.74) is -1.52. The number of rotatable bonds is 9. The maximum atomic E-state index is 14.5. The van der Waals surface area contributed by atoms with Gasteiger partial charge in [0, 0.05) is 23.1 Å². The number of hydrogen-bond acceptors (Lipinski definition) is 9. The van der Waals surface area contributed by atoms with Gasteiger partial charge in [0.05, 0.1) is 24.6 Å². The molecule has 7 atom stereocenters. The Morgan fingerprint density at radius 2 is 1.86 bits per heavy atom. The van der Waals surface area contributed by atoms with Gasteiger partial charge in [0.25, 0.3) is 5.91 Å². The second kappa shape index (κ2) is 14.7. The Hall–Kier alpha value is -4.40. The van der Waals surface area contributed by atoms with Crippen LogP contribution in [0.3, 0.4) is 0 Å². The number of nitrogens with one attached hydrogen (secondary N) is 3. The van der Waals surface area contributed by atoms with Gasteiger partial charge in [-0.15, -0.1) is 0 Å². The summed E-state index contributed by atoms with van der Waals surface area (Å²) in [6.07, 6.45) is 6.92. The lowest BCUT2D eigenvalue weighted by Gasteiger charge is -2.33. The van der Waals surface area contributed by atoms with Crippen LogP contribution >= 0.6 is 0 Å². The number of carbonyl (C=O) groups excluding carboxylic acids is 3. The van der Waals surface area contributed by atoms with Gasteiger partial charge in [0.2, 0.25) is 27.7 Å². The van der Waals surface area contributed by atoms with E-state index in [-0.39, 0.29) is 37.1 Å². The first-order valence-corrected chi connectivity index (χ1v) is 19.4. The van der Waals surface area contributed by atoms with Crippen molar-refractivity contribution in [1.29, 1.82) is 0 Å². The maximum Gasteiger partial charge on any atom is 0.405 e. The van der Waals surface area contributed by atoms with E-state index in [0.29, 0.717) is 49.8 Å². The molecule has 7 unspecified atom stereocenters. The van der Waals surface area contributed by atoms with Crippen LogP contribution in [0.5, 0.6) is 11.6 Å². The normalized spacial score (nSPS) is 29.9. The topological polar surface area (TPSA) is 193 Å². The SMILES string of the molecule is CCOc1cnc(OC2CC3C(=O)NC4(C(=O)NS(=O)(=O)C5CC5)CC4C=CCCC(C)CC(CC)C(NC(=O)O)C(=O)N3C2)c2ccccc12. The zero-order valence-electron chi connectivity index (χ0n) is 29.2. The minimum Gasteiger partial charge on any atom is -0.492 e. The Morgan fingerprint density at radius 3 is 2.55 bits per heavy atom. The average molecular weight is 726 g/mol. The molecule has 4 amide bonds. The molecule has 2 saturated carbocycles. The fourth-order valence-electron chi connectivity index (χ4n) is 7.51. The van der Waals surface area contributed by atoms with E-state index in [2.05, 4.69) is 27.3 Å². The summed E-state index contributed by atoms with van der Waals surface area (Å²) < 4.78 is 40.0. The fraction of sp³-hybridized carbons (Fsp3) is 0.583. The number of carbonyl (C=O) groups is 4. The third-order valence-corrected chi connectivity index (χ3v) is 12.4. The lowest BCUT2D eigenvalue weighted by atomic mass is 9.85. The first kappa shape index (κ1) is 36.4. The summed E-state index contributed by atoms with van der Waals surface area (Å²) >= 11 is 0. The minimum absolute atomic E-state index is 0.0202. The van der Waals surface area contributed by atoms with Gasteiger partial charge >= 0.3 is 6.09 Å². The number of nitrogens with zero attached hydrogens (tertiary/aromatic N) is 2. The zero-order valence-corrected chi connectivity index (χ0v) is 30.0. The molecule has 2 aliphatic carbocycles. The van der Waals surface area contributed by atoms with E-state index in [4.69, 9.17) is 9.47 Å². The molecule has 4 N–H and O–H groups in total. The van der Waals surface area contributed by atoms with Crippen LogP contribution < -0.4 is 24.8 Å². The quantitative estimate of drug-likeness (QED) is 0.278. The van der Waals surface area contributed by atoms with Crippen molar-refractivity contribution in [3.63, 3.8) is 0 Å². The predicted octanol–water partition coefficient (Wildman–Crippen LogP) is 3.50. The Kier molecular flexibility index (Phi) is 10.5. The van der Waals surface area contributed by atoms with Gasteiger partial charge in [-0.05, 0) is 63.4 Å². The van der Waals surface area contributed by atoms with Crippen molar-refractivity contribution in [2.75, 3.05) is 13.2 Å². The molecule has 0 bridgehead atoms. The molecule has 14 nitrogen and oxygen atoms in total. The van der Waals surface area contributed by atoms with E-state index >= 15 is 0 Å². The minimum atomic E-state index is -3.90. The lowest BCUT2D eigenvalue weighted by molar-refractivity contribution is -0.142. The summed E-state index contributed by atoms with van der Waals surface area (Å²) in [5.74, 6) is -1.83. The van der Waals surface area contributed by atoms with Crippen molar-refractivity contribution in [3.8, 4) is 11.6 Å². The fourth-order valence-corrected chi connectivity index (χ4v) is 8.88. The number of amides is 4. The van der Waals surface area contributed by atoms with Crippen molar-refractivity contribution in [1.82, 2.24) is 25.2 Å². The largest absolute Gasteiger partial charge is 0.492 e. The molecular formula is C36H47N5O9S. The number of benzene rings is 1. The average Bonchev–Trinajstić information content (AvgIpc) is 4.02. The molecule has 2 aliphatic heterocycles. The second-order valence-corrected chi connectivity index (χ2v) is 16.2. The molecule has 51 heavy (non-hydrogen) atoms. The van der Waals surface area contributed by atoms with Crippen LogP contribution in [0.15, 0.2) is 42.6 Å². The maximum absolute atomic E-state index is 14.5. The molecule has 1 aromatic heterocycles. The highest BCUT2D eigenvalue weighted by Gasteiger charge is 2.62. The molecular weight excluding hydrogens is 678 g/mol. The summed E-state index contributed by atoms with van der Waals surface area (Å²) in [6, 6.07) is 5.14. The van der Waals surface area contributed by atoms with Gasteiger partial charge < -0.3 is 30.1 Å². The Morgan fingerprint density at radius 1 is 1.12 bits per heavy atom. The van der Waals surface area contributed by atoms with Gasteiger partial charge in [-0.25, -0.2) is 18.2 Å². The molecule has 1 saturated heterocycles. The predicted molar refractivity (Wildman–Crippen MR) is 187 cm³/mol. The van der Waals surface area contributed by atoms with Crippen molar-refractivity contribution in [2.45, 2.75) is 101 Å². The lowest BCUT2D eigenvalue weighted by Crippen LogP contribution is -2.59. The second-order valence-electron chi connectivity index (χ2n) is 14.3. The van der Waals surface area contributed by atoms with Crippen molar-refractivity contribution in [2.24, 2.45) is 17.8 Å². The number of pyridine rings is 1. The molecule has 6 rings (SSSR count). The standard InChI is InChI=1S/C36H47N5O9S/c1-4-22-16-21(3)10-6-7-11-23-18-36(23,34(44)40-51(47,48)25-14-15-25)39-31(42)28-17-24(20-41(28)33(43)30(22)38-35(45)46)50-32-27-13-9-8-12-26(27)29(19-37-32)49-5-2/h7-9,11-13,19,21-25,28,30,38H,4-6,10,14-18,20H2,1-3H3,(H,39,42)(H,40,44)(H,45,46). The van der Waals surface area contributed by atoms with Crippen LogP contribution in [0.1, 0.15) is 72.1 Å². The van der Waals surface area contributed by atoms with Crippen LogP contribution in [0.2, 0.25) is 0 Å². The van der Waals surface area contributed by atoms with Crippen molar-refractivity contribution in [3.05, 3.63) is 42.6 Å². The highest BCUT2D eigenvalue weighted by atomic mass is 32.2. The van der Waals surface area contributed by atoms with E-state index < -0.39 is 68.7 Å². The Balaban J connectivity index is 1.35. The summed E-state index contributed by atoms with van der Waals surface area (Å²) in [5, 5.41) is 15.9. The van der Waals surface area contributed by atoms with E-state index in [0.717, 1.165) is 11.8 Å². The van der Waals surface area contributed by atoms with Gasteiger partial charge in [-0.2, -0.15) is 0 Å².